The Bertz CT molecular complexity index is 1560. The fourth-order valence-corrected chi connectivity index (χ4v) is 6.06. The molecule has 7 nitrogen and oxygen atoms in total. The summed E-state index contributed by atoms with van der Waals surface area (Å²) in [5.41, 5.74) is 1.30. The molecular weight excluding hydrogens is 424 g/mol. The summed E-state index contributed by atoms with van der Waals surface area (Å²) in [4.78, 5) is 18.2. The van der Waals surface area contributed by atoms with Crippen molar-refractivity contribution in [3.05, 3.63) is 76.1 Å². The summed E-state index contributed by atoms with van der Waals surface area (Å²) in [5.74, 6) is 0. The van der Waals surface area contributed by atoms with Crippen molar-refractivity contribution in [3.8, 4) is 0 Å². The minimum absolute atomic E-state index is 0.0666. The van der Waals surface area contributed by atoms with Gasteiger partial charge in [0.15, 0.2) is 0 Å². The average molecular weight is 449 g/mol. The molecule has 32 heavy (non-hydrogen) atoms. The summed E-state index contributed by atoms with van der Waals surface area (Å²) in [6.07, 6.45) is 6.41. The van der Waals surface area contributed by atoms with Crippen molar-refractivity contribution in [2.24, 2.45) is 0 Å². The number of aromatic nitrogens is 3. The first-order valence-electron chi connectivity index (χ1n) is 10.8. The SMILES string of the molecule is Cc1cccn2c(=O)c3cc(S(=O)(=O)c4ccccc4)c(=N)n(C4CCCCC4)c3nc12. The number of pyridine rings is 2. The third-order valence-corrected chi connectivity index (χ3v) is 8.11. The van der Waals surface area contributed by atoms with Crippen LogP contribution in [0.25, 0.3) is 16.7 Å². The topological polar surface area (TPSA) is 97.3 Å². The molecule has 0 bridgehead atoms. The van der Waals surface area contributed by atoms with Gasteiger partial charge in [0.1, 0.15) is 21.7 Å². The van der Waals surface area contributed by atoms with E-state index in [9.17, 15) is 13.2 Å². The molecule has 0 amide bonds. The lowest BCUT2D eigenvalue weighted by Gasteiger charge is -2.26. The predicted molar refractivity (Wildman–Crippen MR) is 122 cm³/mol. The van der Waals surface area contributed by atoms with Gasteiger partial charge in [-0.25, -0.2) is 13.4 Å². The van der Waals surface area contributed by atoms with Gasteiger partial charge in [0.2, 0.25) is 9.84 Å². The van der Waals surface area contributed by atoms with Crippen molar-refractivity contribution in [2.75, 3.05) is 0 Å². The molecular formula is C24H24N4O3S. The number of hydrogen-bond donors (Lipinski definition) is 1. The van der Waals surface area contributed by atoms with Crippen molar-refractivity contribution in [1.29, 1.82) is 5.41 Å². The summed E-state index contributed by atoms with van der Waals surface area (Å²) in [6, 6.07) is 13.0. The van der Waals surface area contributed by atoms with Crippen LogP contribution >= 0.6 is 0 Å². The first-order chi connectivity index (χ1) is 15.4. The minimum Gasteiger partial charge on any atom is -0.307 e. The van der Waals surface area contributed by atoms with Crippen LogP contribution in [0.1, 0.15) is 43.7 Å². The summed E-state index contributed by atoms with van der Waals surface area (Å²) >= 11 is 0. The number of nitrogens with zero attached hydrogens (tertiary/aromatic N) is 3. The summed E-state index contributed by atoms with van der Waals surface area (Å²) in [5, 5.41) is 9.15. The molecule has 1 aliphatic carbocycles. The zero-order chi connectivity index (χ0) is 22.5. The number of hydrogen-bond acceptors (Lipinski definition) is 5. The Morgan fingerprint density at radius 1 is 1.00 bits per heavy atom. The number of fused-ring (bicyclic) bond motifs is 2. The van der Waals surface area contributed by atoms with Gasteiger partial charge >= 0.3 is 0 Å². The highest BCUT2D eigenvalue weighted by molar-refractivity contribution is 7.91. The third-order valence-electron chi connectivity index (χ3n) is 6.32. The fourth-order valence-electron chi connectivity index (χ4n) is 4.66. The number of benzene rings is 1. The zero-order valence-corrected chi connectivity index (χ0v) is 18.6. The van der Waals surface area contributed by atoms with Gasteiger partial charge in [-0.05, 0) is 49.6 Å². The smallest absolute Gasteiger partial charge is 0.267 e. The van der Waals surface area contributed by atoms with Gasteiger partial charge in [0.05, 0.1) is 10.3 Å². The highest BCUT2D eigenvalue weighted by Gasteiger charge is 2.27. The van der Waals surface area contributed by atoms with E-state index in [1.165, 1.54) is 22.6 Å². The van der Waals surface area contributed by atoms with Crippen LogP contribution in [0.2, 0.25) is 0 Å². The molecule has 0 radical (unpaired) electrons. The number of nitrogens with one attached hydrogen (secondary N) is 1. The van der Waals surface area contributed by atoms with E-state index in [1.54, 1.807) is 35.0 Å². The van der Waals surface area contributed by atoms with Crippen LogP contribution in [0.3, 0.4) is 0 Å². The maximum absolute atomic E-state index is 13.5. The van der Waals surface area contributed by atoms with Gasteiger partial charge in [-0.2, -0.15) is 0 Å². The van der Waals surface area contributed by atoms with E-state index in [0.717, 1.165) is 37.7 Å². The van der Waals surface area contributed by atoms with Gasteiger partial charge in [-0.15, -0.1) is 0 Å². The average Bonchev–Trinajstić information content (AvgIpc) is 2.81. The molecule has 4 aromatic rings. The molecule has 3 heterocycles. The Morgan fingerprint density at radius 2 is 1.72 bits per heavy atom. The number of rotatable bonds is 3. The highest BCUT2D eigenvalue weighted by atomic mass is 32.2. The quantitative estimate of drug-likeness (QED) is 0.482. The fraction of sp³-hybridized carbons (Fsp3) is 0.292. The largest absolute Gasteiger partial charge is 0.307 e. The summed E-state index contributed by atoms with van der Waals surface area (Å²) < 4.78 is 30.1. The highest BCUT2D eigenvalue weighted by Crippen LogP contribution is 2.30. The molecule has 0 atom stereocenters. The molecule has 1 aromatic carbocycles. The van der Waals surface area contributed by atoms with Crippen LogP contribution in [0, 0.1) is 12.3 Å². The lowest BCUT2D eigenvalue weighted by Crippen LogP contribution is -2.33. The maximum Gasteiger partial charge on any atom is 0.267 e. The first kappa shape index (κ1) is 20.6. The Hall–Kier alpha value is -3.26. The molecule has 3 aromatic heterocycles. The third kappa shape index (κ3) is 3.17. The standard InChI is InChI=1S/C24H24N4O3S/c1-16-9-8-14-27-22(16)26-23-19(24(27)29)15-20(32(30,31)18-12-6-3-7-13-18)21(25)28(23)17-10-4-2-5-11-17/h3,6-9,12-15,17,25H,2,4-5,10-11H2,1H3. The Balaban J connectivity index is 1.92. The van der Waals surface area contributed by atoms with E-state index >= 15 is 0 Å². The second kappa shape index (κ2) is 7.70. The summed E-state index contributed by atoms with van der Waals surface area (Å²) in [6.45, 7) is 1.88. The van der Waals surface area contributed by atoms with Crippen LogP contribution < -0.4 is 11.0 Å². The van der Waals surface area contributed by atoms with Gasteiger partial charge in [-0.3, -0.25) is 14.6 Å². The molecule has 164 valence electrons. The van der Waals surface area contributed by atoms with Crippen molar-refractivity contribution in [2.45, 2.75) is 54.9 Å². The molecule has 1 aliphatic rings. The molecule has 0 aliphatic heterocycles. The second-order valence-corrected chi connectivity index (χ2v) is 10.3. The van der Waals surface area contributed by atoms with Crippen LogP contribution in [0.5, 0.6) is 0 Å². The van der Waals surface area contributed by atoms with Crippen LogP contribution in [-0.2, 0) is 9.84 Å². The van der Waals surface area contributed by atoms with Crippen molar-refractivity contribution >= 4 is 26.5 Å². The van der Waals surface area contributed by atoms with E-state index in [-0.39, 0.29) is 32.3 Å². The number of sulfone groups is 1. The zero-order valence-electron chi connectivity index (χ0n) is 17.8. The Labute approximate surface area is 185 Å². The Kier molecular flexibility index (Phi) is 4.97. The van der Waals surface area contributed by atoms with E-state index in [1.807, 2.05) is 13.0 Å². The maximum atomic E-state index is 13.5. The van der Waals surface area contributed by atoms with Gasteiger partial charge in [0, 0.05) is 12.2 Å². The molecule has 8 heteroatoms. The molecule has 1 N–H and O–H groups in total. The van der Waals surface area contributed by atoms with Crippen LogP contribution in [-0.4, -0.2) is 22.4 Å². The Morgan fingerprint density at radius 3 is 2.44 bits per heavy atom. The van der Waals surface area contributed by atoms with E-state index in [2.05, 4.69) is 0 Å². The second-order valence-electron chi connectivity index (χ2n) is 8.37. The normalized spacial score (nSPS) is 15.4. The van der Waals surface area contributed by atoms with Crippen molar-refractivity contribution < 1.29 is 8.42 Å². The van der Waals surface area contributed by atoms with Crippen molar-refractivity contribution in [1.82, 2.24) is 14.0 Å². The molecule has 0 saturated heterocycles. The molecule has 1 saturated carbocycles. The van der Waals surface area contributed by atoms with E-state index in [0.29, 0.717) is 11.3 Å². The molecule has 1 fully saturated rings. The molecule has 0 spiro atoms. The lowest BCUT2D eigenvalue weighted by molar-refractivity contribution is 0.347. The van der Waals surface area contributed by atoms with Crippen LogP contribution in [0.15, 0.2) is 69.3 Å². The first-order valence-corrected chi connectivity index (χ1v) is 12.3. The van der Waals surface area contributed by atoms with Crippen LogP contribution in [0.4, 0.5) is 0 Å². The molecule has 0 unspecified atom stereocenters. The van der Waals surface area contributed by atoms with E-state index < -0.39 is 9.84 Å². The van der Waals surface area contributed by atoms with E-state index in [4.69, 9.17) is 10.4 Å². The van der Waals surface area contributed by atoms with Crippen molar-refractivity contribution in [3.63, 3.8) is 0 Å². The van der Waals surface area contributed by atoms with Gasteiger partial charge in [-0.1, -0.05) is 43.5 Å². The predicted octanol–water partition coefficient (Wildman–Crippen LogP) is 3.78. The monoisotopic (exact) mass is 448 g/mol. The van der Waals surface area contributed by atoms with Gasteiger partial charge < -0.3 is 4.57 Å². The summed E-state index contributed by atoms with van der Waals surface area (Å²) in [7, 11) is -3.98. The molecule has 5 rings (SSSR count). The number of aryl methyl sites for hydroxylation is 1. The minimum atomic E-state index is -3.98. The van der Waals surface area contributed by atoms with Gasteiger partial charge in [0.25, 0.3) is 5.56 Å². The lowest BCUT2D eigenvalue weighted by atomic mass is 9.95.